The maximum absolute atomic E-state index is 11.4. The van der Waals surface area contributed by atoms with Gasteiger partial charge in [0.1, 0.15) is 5.54 Å². The molecule has 2 N–H and O–H groups in total. The van der Waals surface area contributed by atoms with E-state index < -0.39 is 11.5 Å². The Hall–Kier alpha value is -0.220. The van der Waals surface area contributed by atoms with Crippen LogP contribution in [0.5, 0.6) is 0 Å². The van der Waals surface area contributed by atoms with Gasteiger partial charge in [-0.3, -0.25) is 10.1 Å². The Kier molecular flexibility index (Phi) is 5.32. The third-order valence-corrected chi connectivity index (χ3v) is 4.58. The van der Waals surface area contributed by atoms with Crippen molar-refractivity contribution in [3.63, 3.8) is 0 Å². The van der Waals surface area contributed by atoms with Gasteiger partial charge in [-0.05, 0) is 37.9 Å². The highest BCUT2D eigenvalue weighted by Gasteiger charge is 2.39. The van der Waals surface area contributed by atoms with Crippen LogP contribution in [0.4, 0.5) is 0 Å². The first-order valence-corrected chi connectivity index (χ1v) is 7.51. The lowest BCUT2D eigenvalue weighted by atomic mass is 9.96. The van der Waals surface area contributed by atoms with Crippen molar-refractivity contribution in [3.05, 3.63) is 0 Å². The van der Waals surface area contributed by atoms with Crippen molar-refractivity contribution in [1.82, 2.24) is 5.32 Å². The number of hydrogen-bond donors (Lipinski definition) is 2. The minimum Gasteiger partial charge on any atom is -0.480 e. The first-order chi connectivity index (χ1) is 7.83. The van der Waals surface area contributed by atoms with Crippen LogP contribution < -0.4 is 5.32 Å². The maximum Gasteiger partial charge on any atom is 0.323 e. The molecule has 1 fully saturated rings. The van der Waals surface area contributed by atoms with Crippen molar-refractivity contribution in [2.75, 3.05) is 5.75 Å². The monoisotopic (exact) mass is 259 g/mol. The Morgan fingerprint density at radius 1 is 1.47 bits per heavy atom. The van der Waals surface area contributed by atoms with Crippen LogP contribution in [0.1, 0.15) is 47.0 Å². The Balaban J connectivity index is 2.44. The highest BCUT2D eigenvalue weighted by atomic mass is 32.2. The molecule has 1 saturated carbocycles. The zero-order chi connectivity index (χ0) is 13.1. The molecule has 100 valence electrons. The van der Waals surface area contributed by atoms with Crippen LogP contribution in [0, 0.1) is 5.92 Å². The second-order valence-electron chi connectivity index (χ2n) is 5.80. The summed E-state index contributed by atoms with van der Waals surface area (Å²) in [7, 11) is 0. The molecule has 1 rings (SSSR count). The molecule has 0 spiro atoms. The smallest absolute Gasteiger partial charge is 0.323 e. The van der Waals surface area contributed by atoms with Crippen molar-refractivity contribution < 1.29 is 9.90 Å². The van der Waals surface area contributed by atoms with Crippen LogP contribution in [0.3, 0.4) is 0 Å². The van der Waals surface area contributed by atoms with Gasteiger partial charge in [0.2, 0.25) is 0 Å². The predicted octanol–water partition coefficient (Wildman–Crippen LogP) is 2.75. The van der Waals surface area contributed by atoms with E-state index >= 15 is 0 Å². The van der Waals surface area contributed by atoms with Gasteiger partial charge in [-0.25, -0.2) is 0 Å². The highest BCUT2D eigenvalue weighted by Crippen LogP contribution is 2.28. The number of hydrogen-bond acceptors (Lipinski definition) is 3. The van der Waals surface area contributed by atoms with Crippen LogP contribution in [0.15, 0.2) is 0 Å². The number of thioether (sulfide) groups is 1. The molecule has 4 heteroatoms. The first kappa shape index (κ1) is 14.8. The fraction of sp³-hybridized carbons (Fsp3) is 0.923. The third kappa shape index (κ3) is 5.30. The van der Waals surface area contributed by atoms with E-state index in [4.69, 9.17) is 0 Å². The molecule has 2 unspecified atom stereocenters. The first-order valence-electron chi connectivity index (χ1n) is 6.46. The van der Waals surface area contributed by atoms with Crippen LogP contribution in [-0.4, -0.2) is 33.7 Å². The summed E-state index contributed by atoms with van der Waals surface area (Å²) in [6, 6.07) is 0.429. The van der Waals surface area contributed by atoms with Crippen molar-refractivity contribution >= 4 is 17.7 Å². The number of carboxylic acid groups (broad SMARTS) is 1. The molecule has 0 bridgehead atoms. The van der Waals surface area contributed by atoms with Crippen molar-refractivity contribution in [1.29, 1.82) is 0 Å². The van der Waals surface area contributed by atoms with Gasteiger partial charge in [0, 0.05) is 11.3 Å². The van der Waals surface area contributed by atoms with Gasteiger partial charge in [0.25, 0.3) is 0 Å². The number of nitrogens with one attached hydrogen (secondary N) is 1. The standard InChI is InChI=1S/C13H25NO2S/c1-9(2)8-17-10(3)7-13(4,12(15)16)14-11-5-6-11/h9-11,14H,5-8H2,1-4H3,(H,15,16). The lowest BCUT2D eigenvalue weighted by molar-refractivity contribution is -0.144. The molecule has 1 aliphatic rings. The zero-order valence-electron chi connectivity index (χ0n) is 11.3. The number of carboxylic acids is 1. The summed E-state index contributed by atoms with van der Waals surface area (Å²) >= 11 is 1.87. The van der Waals surface area contributed by atoms with Crippen LogP contribution >= 0.6 is 11.8 Å². The summed E-state index contributed by atoms with van der Waals surface area (Å²) in [5.41, 5.74) is -0.759. The molecule has 17 heavy (non-hydrogen) atoms. The summed E-state index contributed by atoms with van der Waals surface area (Å²) in [6.45, 7) is 8.33. The lowest BCUT2D eigenvalue weighted by Gasteiger charge is -2.29. The van der Waals surface area contributed by atoms with Gasteiger partial charge in [0.15, 0.2) is 0 Å². The molecule has 3 nitrogen and oxygen atoms in total. The minimum atomic E-state index is -0.759. The molecule has 0 aliphatic heterocycles. The SMILES string of the molecule is CC(C)CSC(C)CC(C)(NC1CC1)C(=O)O. The van der Waals surface area contributed by atoms with Crippen LogP contribution in [0.25, 0.3) is 0 Å². The highest BCUT2D eigenvalue weighted by molar-refractivity contribution is 7.99. The molecule has 0 aromatic carbocycles. The molecular weight excluding hydrogens is 234 g/mol. The predicted molar refractivity (Wildman–Crippen MR) is 73.6 cm³/mol. The number of aliphatic carboxylic acids is 1. The summed E-state index contributed by atoms with van der Waals surface area (Å²) in [5.74, 6) is 1.04. The normalized spacial score (nSPS) is 21.2. The van der Waals surface area contributed by atoms with Crippen molar-refractivity contribution in [2.45, 2.75) is 63.8 Å². The number of rotatable bonds is 8. The fourth-order valence-corrected chi connectivity index (χ4v) is 3.04. The molecule has 1 aliphatic carbocycles. The Labute approximate surface area is 109 Å². The second-order valence-corrected chi connectivity index (χ2v) is 7.27. The van der Waals surface area contributed by atoms with E-state index in [2.05, 4.69) is 26.1 Å². The van der Waals surface area contributed by atoms with E-state index in [1.807, 2.05) is 18.7 Å². The molecule has 0 saturated heterocycles. The molecular formula is C13H25NO2S. The summed E-state index contributed by atoms with van der Waals surface area (Å²) < 4.78 is 0. The van der Waals surface area contributed by atoms with Crippen LogP contribution in [-0.2, 0) is 4.79 Å². The van der Waals surface area contributed by atoms with E-state index in [0.29, 0.717) is 23.6 Å². The summed E-state index contributed by atoms with van der Waals surface area (Å²) in [4.78, 5) is 11.4. The van der Waals surface area contributed by atoms with Crippen LogP contribution in [0.2, 0.25) is 0 Å². The topological polar surface area (TPSA) is 49.3 Å². The molecule has 0 heterocycles. The molecule has 0 aromatic rings. The Morgan fingerprint density at radius 2 is 2.06 bits per heavy atom. The average molecular weight is 259 g/mol. The number of carbonyl (C=O) groups is 1. The van der Waals surface area contributed by atoms with E-state index in [-0.39, 0.29) is 0 Å². The lowest BCUT2D eigenvalue weighted by Crippen LogP contribution is -2.52. The fourth-order valence-electron chi connectivity index (χ4n) is 1.88. The average Bonchev–Trinajstić information content (AvgIpc) is 2.98. The molecule has 0 radical (unpaired) electrons. The van der Waals surface area contributed by atoms with Crippen molar-refractivity contribution in [3.8, 4) is 0 Å². The van der Waals surface area contributed by atoms with Gasteiger partial charge >= 0.3 is 5.97 Å². The Morgan fingerprint density at radius 3 is 2.47 bits per heavy atom. The Bertz CT molecular complexity index is 266. The minimum absolute atomic E-state index is 0.379. The van der Waals surface area contributed by atoms with Gasteiger partial charge in [0.05, 0.1) is 0 Å². The third-order valence-electron chi connectivity index (χ3n) is 2.98. The van der Waals surface area contributed by atoms with Gasteiger partial charge in [-0.15, -0.1) is 0 Å². The summed E-state index contributed by atoms with van der Waals surface area (Å²) in [6.07, 6.45) is 2.93. The van der Waals surface area contributed by atoms with Gasteiger partial charge < -0.3 is 5.11 Å². The molecule has 0 amide bonds. The molecule has 0 aromatic heterocycles. The molecule has 2 atom stereocenters. The zero-order valence-corrected chi connectivity index (χ0v) is 12.1. The summed E-state index contributed by atoms with van der Waals surface area (Å²) in [5, 5.41) is 13.0. The quantitative estimate of drug-likeness (QED) is 0.704. The maximum atomic E-state index is 11.4. The van der Waals surface area contributed by atoms with E-state index in [1.54, 1.807) is 0 Å². The van der Waals surface area contributed by atoms with E-state index in [0.717, 1.165) is 18.6 Å². The second kappa shape index (κ2) is 6.10. The van der Waals surface area contributed by atoms with E-state index in [9.17, 15) is 9.90 Å². The van der Waals surface area contributed by atoms with Gasteiger partial charge in [-0.2, -0.15) is 11.8 Å². The largest absolute Gasteiger partial charge is 0.480 e. The van der Waals surface area contributed by atoms with Gasteiger partial charge in [-0.1, -0.05) is 20.8 Å². The van der Waals surface area contributed by atoms with E-state index in [1.165, 1.54) is 0 Å². The van der Waals surface area contributed by atoms with Crippen molar-refractivity contribution in [2.24, 2.45) is 5.92 Å².